The van der Waals surface area contributed by atoms with Crippen LogP contribution in [0.1, 0.15) is 12.8 Å². The zero-order chi connectivity index (χ0) is 16.1. The average Bonchev–Trinajstić information content (AvgIpc) is 2.97. The first-order chi connectivity index (χ1) is 11.2. The largest absolute Gasteiger partial charge is 0.369 e. The number of anilines is 1. The summed E-state index contributed by atoms with van der Waals surface area (Å²) in [6.45, 7) is 6.55. The monoisotopic (exact) mass is 335 g/mol. The molecule has 1 aromatic carbocycles. The van der Waals surface area contributed by atoms with E-state index in [1.54, 1.807) is 0 Å². The lowest BCUT2D eigenvalue weighted by molar-refractivity contribution is 0.185. The normalized spacial score (nSPS) is 22.1. The lowest BCUT2D eigenvalue weighted by Crippen LogP contribution is -2.48. The van der Waals surface area contributed by atoms with Gasteiger partial charge in [-0.25, -0.2) is 0 Å². The second-order valence-electron chi connectivity index (χ2n) is 6.25. The summed E-state index contributed by atoms with van der Waals surface area (Å²) in [5.74, 6) is 0.906. The van der Waals surface area contributed by atoms with Crippen LogP contribution in [-0.2, 0) is 0 Å². The Balaban J connectivity index is 1.44. The molecule has 2 fully saturated rings. The summed E-state index contributed by atoms with van der Waals surface area (Å²) >= 11 is 6.09. The Hall–Kier alpha value is -1.46. The van der Waals surface area contributed by atoms with Gasteiger partial charge >= 0.3 is 0 Å². The van der Waals surface area contributed by atoms with Crippen LogP contribution in [-0.4, -0.2) is 63.2 Å². The van der Waals surface area contributed by atoms with E-state index in [0.717, 1.165) is 43.6 Å². The number of guanidine groups is 1. The van der Waals surface area contributed by atoms with Crippen LogP contribution < -0.4 is 15.5 Å². The van der Waals surface area contributed by atoms with Crippen molar-refractivity contribution >= 4 is 23.2 Å². The number of hydrogen-bond donors (Lipinski definition) is 2. The molecule has 5 nitrogen and oxygen atoms in total. The molecule has 1 aromatic rings. The van der Waals surface area contributed by atoms with Crippen molar-refractivity contribution in [1.82, 2.24) is 15.5 Å². The molecular formula is C17H26ClN5. The number of hydrogen-bond acceptors (Lipinski definition) is 3. The molecule has 6 heteroatoms. The quantitative estimate of drug-likeness (QED) is 0.636. The SMILES string of the molecule is CN=C(NCCN1CCC1)NC1CCN(c2cccc(Cl)c2)C1. The van der Waals surface area contributed by atoms with Gasteiger partial charge in [0, 0.05) is 50.0 Å². The number of nitrogens with one attached hydrogen (secondary N) is 2. The maximum absolute atomic E-state index is 6.09. The van der Waals surface area contributed by atoms with Crippen LogP contribution in [0.2, 0.25) is 5.02 Å². The van der Waals surface area contributed by atoms with E-state index in [1.165, 1.54) is 25.2 Å². The second kappa shape index (κ2) is 7.88. The molecule has 1 unspecified atom stereocenters. The van der Waals surface area contributed by atoms with Gasteiger partial charge in [-0.1, -0.05) is 17.7 Å². The minimum absolute atomic E-state index is 0.421. The van der Waals surface area contributed by atoms with Gasteiger partial charge < -0.3 is 20.4 Å². The van der Waals surface area contributed by atoms with E-state index in [0.29, 0.717) is 6.04 Å². The highest BCUT2D eigenvalue weighted by Gasteiger charge is 2.23. The first kappa shape index (κ1) is 16.4. The fraction of sp³-hybridized carbons (Fsp3) is 0.588. The lowest BCUT2D eigenvalue weighted by atomic mass is 10.2. The smallest absolute Gasteiger partial charge is 0.191 e. The van der Waals surface area contributed by atoms with Crippen LogP contribution in [0, 0.1) is 0 Å². The van der Waals surface area contributed by atoms with E-state index in [1.807, 2.05) is 25.2 Å². The van der Waals surface area contributed by atoms with Crippen LogP contribution in [0.15, 0.2) is 29.3 Å². The summed E-state index contributed by atoms with van der Waals surface area (Å²) in [5, 5.41) is 7.75. The zero-order valence-corrected chi connectivity index (χ0v) is 14.5. The molecule has 0 saturated carbocycles. The Morgan fingerprint density at radius 3 is 2.91 bits per heavy atom. The Kier molecular flexibility index (Phi) is 5.62. The number of rotatable bonds is 5. The van der Waals surface area contributed by atoms with Gasteiger partial charge in [0.05, 0.1) is 0 Å². The third-order valence-electron chi connectivity index (χ3n) is 4.60. The van der Waals surface area contributed by atoms with E-state index in [-0.39, 0.29) is 0 Å². The summed E-state index contributed by atoms with van der Waals surface area (Å²) in [5.41, 5.74) is 1.20. The molecule has 0 radical (unpaired) electrons. The van der Waals surface area contributed by atoms with Gasteiger partial charge in [0.1, 0.15) is 0 Å². The van der Waals surface area contributed by atoms with Gasteiger partial charge in [0.15, 0.2) is 5.96 Å². The van der Waals surface area contributed by atoms with E-state index < -0.39 is 0 Å². The third-order valence-corrected chi connectivity index (χ3v) is 4.83. The summed E-state index contributed by atoms with van der Waals surface area (Å²) < 4.78 is 0. The maximum atomic E-state index is 6.09. The van der Waals surface area contributed by atoms with Gasteiger partial charge in [-0.2, -0.15) is 0 Å². The highest BCUT2D eigenvalue weighted by atomic mass is 35.5. The number of likely N-dealkylation sites (tertiary alicyclic amines) is 1. The van der Waals surface area contributed by atoms with E-state index in [4.69, 9.17) is 11.6 Å². The molecule has 0 amide bonds. The van der Waals surface area contributed by atoms with Crippen molar-refractivity contribution in [3.8, 4) is 0 Å². The topological polar surface area (TPSA) is 42.9 Å². The fourth-order valence-electron chi connectivity index (χ4n) is 3.11. The summed E-state index contributed by atoms with van der Waals surface area (Å²) in [7, 11) is 1.84. The molecule has 2 saturated heterocycles. The summed E-state index contributed by atoms with van der Waals surface area (Å²) in [6.07, 6.45) is 2.45. The number of halogens is 1. The van der Waals surface area contributed by atoms with Crippen LogP contribution in [0.3, 0.4) is 0 Å². The van der Waals surface area contributed by atoms with Crippen LogP contribution in [0.5, 0.6) is 0 Å². The molecular weight excluding hydrogens is 310 g/mol. The van der Waals surface area contributed by atoms with Crippen molar-refractivity contribution in [1.29, 1.82) is 0 Å². The highest BCUT2D eigenvalue weighted by Crippen LogP contribution is 2.23. The van der Waals surface area contributed by atoms with Crippen LogP contribution in [0.25, 0.3) is 0 Å². The Labute approximate surface area is 143 Å². The van der Waals surface area contributed by atoms with Crippen molar-refractivity contribution in [2.75, 3.05) is 51.2 Å². The van der Waals surface area contributed by atoms with Gasteiger partial charge in [-0.05, 0) is 44.1 Å². The minimum Gasteiger partial charge on any atom is -0.369 e. The van der Waals surface area contributed by atoms with Crippen molar-refractivity contribution < 1.29 is 0 Å². The zero-order valence-electron chi connectivity index (χ0n) is 13.8. The van der Waals surface area contributed by atoms with Gasteiger partial charge in [0.25, 0.3) is 0 Å². The Morgan fingerprint density at radius 1 is 1.35 bits per heavy atom. The summed E-state index contributed by atoms with van der Waals surface area (Å²) in [6, 6.07) is 8.50. The first-order valence-electron chi connectivity index (χ1n) is 8.44. The highest BCUT2D eigenvalue weighted by molar-refractivity contribution is 6.30. The molecule has 2 aliphatic heterocycles. The van der Waals surface area contributed by atoms with E-state index >= 15 is 0 Å². The van der Waals surface area contributed by atoms with Crippen LogP contribution >= 0.6 is 11.6 Å². The minimum atomic E-state index is 0.421. The second-order valence-corrected chi connectivity index (χ2v) is 6.69. The lowest BCUT2D eigenvalue weighted by Gasteiger charge is -2.30. The predicted molar refractivity (Wildman–Crippen MR) is 97.6 cm³/mol. The Bertz CT molecular complexity index is 544. The Morgan fingerprint density at radius 2 is 2.22 bits per heavy atom. The molecule has 0 aliphatic carbocycles. The molecule has 3 rings (SSSR count). The van der Waals surface area contributed by atoms with Gasteiger partial charge in [-0.15, -0.1) is 0 Å². The average molecular weight is 336 g/mol. The number of benzene rings is 1. The molecule has 0 aromatic heterocycles. The number of nitrogens with zero attached hydrogens (tertiary/aromatic N) is 3. The molecule has 2 heterocycles. The molecule has 0 bridgehead atoms. The van der Waals surface area contributed by atoms with E-state index in [9.17, 15) is 0 Å². The van der Waals surface area contributed by atoms with E-state index in [2.05, 4.69) is 31.5 Å². The molecule has 2 N–H and O–H groups in total. The first-order valence-corrected chi connectivity index (χ1v) is 8.82. The standard InChI is InChI=1S/C17H26ClN5/c1-19-17(20-7-11-22-8-3-9-22)21-15-6-10-23(13-15)16-5-2-4-14(18)12-16/h2,4-5,12,15H,3,6-11,13H2,1H3,(H2,19,20,21). The third kappa shape index (κ3) is 4.52. The van der Waals surface area contributed by atoms with Crippen molar-refractivity contribution in [2.45, 2.75) is 18.9 Å². The number of aliphatic imine (C=N–C) groups is 1. The fourth-order valence-corrected chi connectivity index (χ4v) is 3.30. The van der Waals surface area contributed by atoms with Crippen molar-refractivity contribution in [3.05, 3.63) is 29.3 Å². The maximum Gasteiger partial charge on any atom is 0.191 e. The molecule has 1 atom stereocenters. The molecule has 23 heavy (non-hydrogen) atoms. The van der Waals surface area contributed by atoms with Crippen molar-refractivity contribution in [3.63, 3.8) is 0 Å². The molecule has 126 valence electrons. The van der Waals surface area contributed by atoms with Gasteiger partial charge in [0.2, 0.25) is 0 Å². The molecule has 0 spiro atoms. The van der Waals surface area contributed by atoms with Gasteiger partial charge in [-0.3, -0.25) is 4.99 Å². The summed E-state index contributed by atoms with van der Waals surface area (Å²) in [4.78, 5) is 9.17. The van der Waals surface area contributed by atoms with Crippen molar-refractivity contribution in [2.24, 2.45) is 4.99 Å². The van der Waals surface area contributed by atoms with Crippen LogP contribution in [0.4, 0.5) is 5.69 Å². The predicted octanol–water partition coefficient (Wildman–Crippen LogP) is 1.79. The molecule has 2 aliphatic rings.